The molecular formula is C15H16N+. The van der Waals surface area contributed by atoms with E-state index < -0.39 is 0 Å². The molecule has 2 rings (SSSR count). The SMILES string of the molecule is C[C@@H](N)[C+](c1ccccc1)c1ccccc1. The molecule has 0 amide bonds. The van der Waals surface area contributed by atoms with Crippen molar-refractivity contribution in [1.82, 2.24) is 0 Å². The summed E-state index contributed by atoms with van der Waals surface area (Å²) in [4.78, 5) is 0. The van der Waals surface area contributed by atoms with Gasteiger partial charge in [-0.05, 0) is 43.3 Å². The van der Waals surface area contributed by atoms with Gasteiger partial charge in [-0.3, -0.25) is 0 Å². The van der Waals surface area contributed by atoms with Gasteiger partial charge in [-0.15, -0.1) is 0 Å². The first-order valence-electron chi connectivity index (χ1n) is 5.52. The van der Waals surface area contributed by atoms with Gasteiger partial charge in [0.2, 0.25) is 0 Å². The number of hydrogen-bond donors (Lipinski definition) is 1. The van der Waals surface area contributed by atoms with Crippen LogP contribution in [0.1, 0.15) is 18.1 Å². The molecule has 1 nitrogen and oxygen atoms in total. The van der Waals surface area contributed by atoms with E-state index in [0.29, 0.717) is 0 Å². The Kier molecular flexibility index (Phi) is 3.28. The average Bonchev–Trinajstić information content (AvgIpc) is 2.31. The highest BCUT2D eigenvalue weighted by molar-refractivity contribution is 5.47. The zero-order chi connectivity index (χ0) is 11.4. The van der Waals surface area contributed by atoms with Gasteiger partial charge < -0.3 is 5.73 Å². The van der Waals surface area contributed by atoms with Crippen molar-refractivity contribution in [1.29, 1.82) is 0 Å². The number of benzene rings is 2. The minimum absolute atomic E-state index is 0.0322. The lowest BCUT2D eigenvalue weighted by atomic mass is 9.86. The highest BCUT2D eigenvalue weighted by Gasteiger charge is 2.23. The van der Waals surface area contributed by atoms with Crippen molar-refractivity contribution in [2.24, 2.45) is 5.73 Å². The quantitative estimate of drug-likeness (QED) is 0.774. The van der Waals surface area contributed by atoms with Crippen LogP contribution in [0.25, 0.3) is 0 Å². The zero-order valence-corrected chi connectivity index (χ0v) is 9.43. The van der Waals surface area contributed by atoms with Gasteiger partial charge in [-0.25, -0.2) is 0 Å². The highest BCUT2D eigenvalue weighted by Crippen LogP contribution is 2.25. The monoisotopic (exact) mass is 210 g/mol. The molecular weight excluding hydrogens is 194 g/mol. The van der Waals surface area contributed by atoms with Crippen LogP contribution in [0.4, 0.5) is 0 Å². The van der Waals surface area contributed by atoms with Crippen LogP contribution in [0.5, 0.6) is 0 Å². The Balaban J connectivity index is 2.40. The molecule has 80 valence electrons. The van der Waals surface area contributed by atoms with Crippen LogP contribution in [0.15, 0.2) is 60.7 Å². The molecule has 1 heteroatoms. The van der Waals surface area contributed by atoms with Gasteiger partial charge in [0.25, 0.3) is 0 Å². The van der Waals surface area contributed by atoms with Gasteiger partial charge in [-0.1, -0.05) is 0 Å². The third kappa shape index (κ3) is 2.26. The van der Waals surface area contributed by atoms with E-state index in [1.807, 2.05) is 43.3 Å². The topological polar surface area (TPSA) is 26.0 Å². The van der Waals surface area contributed by atoms with Crippen molar-refractivity contribution in [3.05, 3.63) is 77.7 Å². The Morgan fingerprint density at radius 1 is 0.812 bits per heavy atom. The van der Waals surface area contributed by atoms with E-state index in [4.69, 9.17) is 5.73 Å². The molecule has 1 atom stereocenters. The van der Waals surface area contributed by atoms with Crippen LogP contribution >= 0.6 is 0 Å². The van der Waals surface area contributed by atoms with E-state index in [1.165, 1.54) is 17.0 Å². The molecule has 0 saturated carbocycles. The van der Waals surface area contributed by atoms with Gasteiger partial charge in [0.1, 0.15) is 0 Å². The van der Waals surface area contributed by atoms with Crippen molar-refractivity contribution in [3.8, 4) is 0 Å². The molecule has 0 saturated heterocycles. The van der Waals surface area contributed by atoms with Crippen LogP contribution < -0.4 is 5.73 Å². The molecule has 0 aliphatic heterocycles. The maximum Gasteiger partial charge on any atom is 0.0772 e. The second-order valence-corrected chi connectivity index (χ2v) is 3.93. The summed E-state index contributed by atoms with van der Waals surface area (Å²) in [5.41, 5.74) is 8.46. The molecule has 2 aromatic rings. The lowest BCUT2D eigenvalue weighted by Gasteiger charge is -2.15. The van der Waals surface area contributed by atoms with Crippen LogP contribution in [-0.2, 0) is 0 Å². The smallest absolute Gasteiger partial charge is 0.0772 e. The minimum atomic E-state index is 0.0322. The van der Waals surface area contributed by atoms with Crippen molar-refractivity contribution in [2.75, 3.05) is 0 Å². The van der Waals surface area contributed by atoms with Crippen molar-refractivity contribution in [3.63, 3.8) is 0 Å². The highest BCUT2D eigenvalue weighted by atomic mass is 14.6. The van der Waals surface area contributed by atoms with E-state index in [2.05, 4.69) is 24.3 Å². The second-order valence-electron chi connectivity index (χ2n) is 3.93. The first-order valence-corrected chi connectivity index (χ1v) is 5.52. The van der Waals surface area contributed by atoms with Gasteiger partial charge in [0.15, 0.2) is 0 Å². The van der Waals surface area contributed by atoms with Crippen molar-refractivity contribution in [2.45, 2.75) is 13.0 Å². The Labute approximate surface area is 96.9 Å². The largest absolute Gasteiger partial charge is 0.318 e. The number of rotatable bonds is 3. The third-order valence-electron chi connectivity index (χ3n) is 2.62. The number of nitrogens with two attached hydrogens (primary N) is 1. The Morgan fingerprint density at radius 2 is 1.19 bits per heavy atom. The Morgan fingerprint density at radius 3 is 1.50 bits per heavy atom. The van der Waals surface area contributed by atoms with Crippen LogP contribution in [0.2, 0.25) is 0 Å². The molecule has 2 aromatic carbocycles. The van der Waals surface area contributed by atoms with E-state index in [9.17, 15) is 0 Å². The molecule has 2 N–H and O–H groups in total. The van der Waals surface area contributed by atoms with Crippen molar-refractivity contribution < 1.29 is 0 Å². The zero-order valence-electron chi connectivity index (χ0n) is 9.43. The summed E-state index contributed by atoms with van der Waals surface area (Å²) in [5.74, 6) is 1.20. The maximum absolute atomic E-state index is 6.06. The first kappa shape index (κ1) is 10.8. The summed E-state index contributed by atoms with van der Waals surface area (Å²) in [6, 6.07) is 20.7. The molecule has 0 spiro atoms. The lowest BCUT2D eigenvalue weighted by Crippen LogP contribution is -2.26. The normalized spacial score (nSPS) is 12.1. The Hall–Kier alpha value is -1.73. The van der Waals surface area contributed by atoms with Crippen LogP contribution in [0.3, 0.4) is 0 Å². The Bertz CT molecular complexity index is 380. The molecule has 0 aromatic heterocycles. The molecule has 0 aliphatic carbocycles. The van der Waals surface area contributed by atoms with Crippen molar-refractivity contribution >= 4 is 0 Å². The van der Waals surface area contributed by atoms with Gasteiger partial charge in [0, 0.05) is 24.3 Å². The third-order valence-corrected chi connectivity index (χ3v) is 2.62. The summed E-state index contributed by atoms with van der Waals surface area (Å²) in [5, 5.41) is 0. The average molecular weight is 210 g/mol. The summed E-state index contributed by atoms with van der Waals surface area (Å²) in [7, 11) is 0. The molecule has 0 aliphatic rings. The predicted molar refractivity (Wildman–Crippen MR) is 68.0 cm³/mol. The molecule has 0 radical (unpaired) electrons. The van der Waals surface area contributed by atoms with Gasteiger partial charge in [-0.2, -0.15) is 0 Å². The van der Waals surface area contributed by atoms with Gasteiger partial charge in [0.05, 0.1) is 23.1 Å². The second kappa shape index (κ2) is 4.86. The summed E-state index contributed by atoms with van der Waals surface area (Å²) < 4.78 is 0. The lowest BCUT2D eigenvalue weighted by molar-refractivity contribution is 0.797. The fourth-order valence-electron chi connectivity index (χ4n) is 1.93. The van der Waals surface area contributed by atoms with E-state index >= 15 is 0 Å². The molecule has 0 heterocycles. The standard InChI is InChI=1S/C15H16N/c1-12(16)15(13-8-4-2-5-9-13)14-10-6-3-7-11-14/h2-12H,16H2,1H3/q+1/t12-/m1/s1. The summed E-state index contributed by atoms with van der Waals surface area (Å²) in [6.45, 7) is 2.02. The van der Waals surface area contributed by atoms with E-state index in [1.54, 1.807) is 0 Å². The van der Waals surface area contributed by atoms with E-state index in [-0.39, 0.29) is 6.04 Å². The van der Waals surface area contributed by atoms with Crippen LogP contribution in [0, 0.1) is 5.92 Å². The fourth-order valence-corrected chi connectivity index (χ4v) is 1.93. The molecule has 0 bridgehead atoms. The van der Waals surface area contributed by atoms with Gasteiger partial charge >= 0.3 is 0 Å². The number of hydrogen-bond acceptors (Lipinski definition) is 1. The van der Waals surface area contributed by atoms with E-state index in [0.717, 1.165) is 0 Å². The minimum Gasteiger partial charge on any atom is -0.318 e. The molecule has 0 fully saturated rings. The summed E-state index contributed by atoms with van der Waals surface area (Å²) in [6.07, 6.45) is 0. The fraction of sp³-hybridized carbons (Fsp3) is 0.133. The maximum atomic E-state index is 6.06. The predicted octanol–water partition coefficient (Wildman–Crippen LogP) is 3.00. The van der Waals surface area contributed by atoms with Crippen LogP contribution in [-0.4, -0.2) is 6.04 Å². The summed E-state index contributed by atoms with van der Waals surface area (Å²) >= 11 is 0. The first-order chi connectivity index (χ1) is 7.79. The molecule has 16 heavy (non-hydrogen) atoms. The molecule has 0 unspecified atom stereocenters.